The maximum absolute atomic E-state index is 12.2. The summed E-state index contributed by atoms with van der Waals surface area (Å²) < 4.78 is 0.962. The van der Waals surface area contributed by atoms with Crippen molar-refractivity contribution >= 4 is 27.9 Å². The van der Waals surface area contributed by atoms with E-state index in [2.05, 4.69) is 15.9 Å². The maximum Gasteiger partial charge on any atom is 0.246 e. The standard InChI is InChI=1S/C16H20BrNO2/c1-18(14-8-4-5-9-15(14)19)16(20)11-10-12-6-2-3-7-13(12)17/h2-3,6-7,10-11,14-15,19H,4-5,8-9H2,1H3/b11-10+. The van der Waals surface area contributed by atoms with Crippen LogP contribution in [-0.4, -0.2) is 35.1 Å². The van der Waals surface area contributed by atoms with E-state index in [1.165, 1.54) is 0 Å². The molecule has 1 aromatic rings. The smallest absolute Gasteiger partial charge is 0.246 e. The molecule has 1 saturated carbocycles. The zero-order valence-corrected chi connectivity index (χ0v) is 13.2. The Hall–Kier alpha value is -1.13. The van der Waals surface area contributed by atoms with E-state index in [1.54, 1.807) is 24.1 Å². The Balaban J connectivity index is 2.02. The highest BCUT2D eigenvalue weighted by Crippen LogP contribution is 2.23. The molecule has 20 heavy (non-hydrogen) atoms. The fourth-order valence-electron chi connectivity index (χ4n) is 2.60. The monoisotopic (exact) mass is 337 g/mol. The van der Waals surface area contributed by atoms with Gasteiger partial charge in [0.2, 0.25) is 5.91 Å². The first kappa shape index (κ1) is 15.3. The molecule has 1 amide bonds. The van der Waals surface area contributed by atoms with Gasteiger partial charge in [-0.1, -0.05) is 47.0 Å². The number of likely N-dealkylation sites (N-methyl/N-ethyl adjacent to an activating group) is 1. The summed E-state index contributed by atoms with van der Waals surface area (Å²) in [7, 11) is 1.77. The van der Waals surface area contributed by atoms with Crippen LogP contribution in [0.2, 0.25) is 0 Å². The van der Waals surface area contributed by atoms with Crippen molar-refractivity contribution in [1.82, 2.24) is 4.90 Å². The molecular formula is C16H20BrNO2. The summed E-state index contributed by atoms with van der Waals surface area (Å²) in [5, 5.41) is 9.99. The van der Waals surface area contributed by atoms with Gasteiger partial charge < -0.3 is 10.0 Å². The average Bonchev–Trinajstić information content (AvgIpc) is 2.46. The van der Waals surface area contributed by atoms with E-state index >= 15 is 0 Å². The Morgan fingerprint density at radius 3 is 2.75 bits per heavy atom. The summed E-state index contributed by atoms with van der Waals surface area (Å²) in [6.07, 6.45) is 6.77. The number of hydrogen-bond donors (Lipinski definition) is 1. The summed E-state index contributed by atoms with van der Waals surface area (Å²) in [5.41, 5.74) is 0.971. The zero-order valence-electron chi connectivity index (χ0n) is 11.6. The number of carbonyl (C=O) groups excluding carboxylic acids is 1. The summed E-state index contributed by atoms with van der Waals surface area (Å²) in [5.74, 6) is -0.0632. The minimum atomic E-state index is -0.394. The van der Waals surface area contributed by atoms with E-state index in [-0.39, 0.29) is 11.9 Å². The Morgan fingerprint density at radius 2 is 2.05 bits per heavy atom. The third-order valence-corrected chi connectivity index (χ3v) is 4.57. The molecule has 0 aliphatic heterocycles. The number of aliphatic hydroxyl groups excluding tert-OH is 1. The van der Waals surface area contributed by atoms with Crippen LogP contribution in [0.5, 0.6) is 0 Å². The van der Waals surface area contributed by atoms with Gasteiger partial charge in [-0.2, -0.15) is 0 Å². The third-order valence-electron chi connectivity index (χ3n) is 3.85. The molecule has 108 valence electrons. The van der Waals surface area contributed by atoms with Gasteiger partial charge in [0, 0.05) is 17.6 Å². The van der Waals surface area contributed by atoms with Crippen molar-refractivity contribution in [3.8, 4) is 0 Å². The molecule has 3 nitrogen and oxygen atoms in total. The molecule has 2 unspecified atom stereocenters. The summed E-state index contributed by atoms with van der Waals surface area (Å²) in [6.45, 7) is 0. The topological polar surface area (TPSA) is 40.5 Å². The lowest BCUT2D eigenvalue weighted by atomic mass is 9.91. The molecule has 0 bridgehead atoms. The number of nitrogens with zero attached hydrogens (tertiary/aromatic N) is 1. The maximum atomic E-state index is 12.2. The summed E-state index contributed by atoms with van der Waals surface area (Å²) in [4.78, 5) is 13.8. The average molecular weight is 338 g/mol. The SMILES string of the molecule is CN(C(=O)/C=C/c1ccccc1Br)C1CCCCC1O. The second kappa shape index (κ2) is 7.04. The van der Waals surface area contributed by atoms with Gasteiger partial charge in [0.25, 0.3) is 0 Å². The highest BCUT2D eigenvalue weighted by molar-refractivity contribution is 9.10. The first-order valence-corrected chi connectivity index (χ1v) is 7.76. The fraction of sp³-hybridized carbons (Fsp3) is 0.438. The molecule has 1 aliphatic rings. The Bertz CT molecular complexity index is 501. The largest absolute Gasteiger partial charge is 0.391 e. The molecule has 1 N–H and O–H groups in total. The third kappa shape index (κ3) is 3.70. The number of amides is 1. The van der Waals surface area contributed by atoms with Gasteiger partial charge in [0.1, 0.15) is 0 Å². The first-order chi connectivity index (χ1) is 9.59. The molecule has 2 atom stereocenters. The fourth-order valence-corrected chi connectivity index (χ4v) is 3.01. The van der Waals surface area contributed by atoms with Gasteiger partial charge >= 0.3 is 0 Å². The normalized spacial score (nSPS) is 22.9. The Kier molecular flexibility index (Phi) is 5.38. The summed E-state index contributed by atoms with van der Waals surface area (Å²) >= 11 is 3.45. The van der Waals surface area contributed by atoms with E-state index < -0.39 is 6.10 Å². The van der Waals surface area contributed by atoms with Crippen molar-refractivity contribution in [1.29, 1.82) is 0 Å². The summed E-state index contributed by atoms with van der Waals surface area (Å²) in [6, 6.07) is 7.71. The van der Waals surface area contributed by atoms with Crippen LogP contribution < -0.4 is 0 Å². The quantitative estimate of drug-likeness (QED) is 0.860. The van der Waals surface area contributed by atoms with Crippen LogP contribution >= 0.6 is 15.9 Å². The van der Waals surface area contributed by atoms with E-state index in [0.29, 0.717) is 0 Å². The Labute approximate surface area is 128 Å². The van der Waals surface area contributed by atoms with Crippen LogP contribution in [0.3, 0.4) is 0 Å². The van der Waals surface area contributed by atoms with Gasteiger partial charge in [-0.3, -0.25) is 4.79 Å². The van der Waals surface area contributed by atoms with Crippen LogP contribution in [0.4, 0.5) is 0 Å². The number of halogens is 1. The van der Waals surface area contributed by atoms with Crippen LogP contribution in [0, 0.1) is 0 Å². The van der Waals surface area contributed by atoms with E-state index in [1.807, 2.05) is 24.3 Å². The second-order valence-electron chi connectivity index (χ2n) is 5.22. The molecule has 4 heteroatoms. The highest BCUT2D eigenvalue weighted by atomic mass is 79.9. The lowest BCUT2D eigenvalue weighted by Gasteiger charge is -2.34. The number of rotatable bonds is 3. The number of hydrogen-bond acceptors (Lipinski definition) is 2. The number of benzene rings is 1. The van der Waals surface area contributed by atoms with Gasteiger partial charge in [-0.25, -0.2) is 0 Å². The van der Waals surface area contributed by atoms with Crippen LogP contribution in [0.15, 0.2) is 34.8 Å². The van der Waals surface area contributed by atoms with Gasteiger partial charge in [0.15, 0.2) is 0 Å². The molecule has 1 aliphatic carbocycles. The highest BCUT2D eigenvalue weighted by Gasteiger charge is 2.28. The number of aliphatic hydroxyl groups is 1. The molecule has 1 fully saturated rings. The lowest BCUT2D eigenvalue weighted by molar-refractivity contribution is -0.130. The van der Waals surface area contributed by atoms with Crippen LogP contribution in [-0.2, 0) is 4.79 Å². The predicted octanol–water partition coefficient (Wildman–Crippen LogP) is 3.22. The minimum absolute atomic E-state index is 0.0554. The van der Waals surface area contributed by atoms with Gasteiger partial charge in [-0.05, 0) is 30.5 Å². The minimum Gasteiger partial charge on any atom is -0.391 e. The molecular weight excluding hydrogens is 318 g/mol. The first-order valence-electron chi connectivity index (χ1n) is 6.97. The van der Waals surface area contributed by atoms with Crippen LogP contribution in [0.1, 0.15) is 31.2 Å². The molecule has 0 aromatic heterocycles. The molecule has 0 spiro atoms. The zero-order chi connectivity index (χ0) is 14.5. The Morgan fingerprint density at radius 1 is 1.35 bits per heavy atom. The number of carbonyl (C=O) groups is 1. The van der Waals surface area contributed by atoms with E-state index in [0.717, 1.165) is 35.7 Å². The lowest BCUT2D eigenvalue weighted by Crippen LogP contribution is -2.45. The van der Waals surface area contributed by atoms with Crippen molar-refractivity contribution in [3.05, 3.63) is 40.4 Å². The molecule has 2 rings (SSSR count). The van der Waals surface area contributed by atoms with Crippen molar-refractivity contribution in [2.75, 3.05) is 7.05 Å². The van der Waals surface area contributed by atoms with Crippen molar-refractivity contribution < 1.29 is 9.90 Å². The molecule has 0 heterocycles. The molecule has 0 radical (unpaired) electrons. The van der Waals surface area contributed by atoms with E-state index in [9.17, 15) is 9.90 Å². The second-order valence-corrected chi connectivity index (χ2v) is 6.08. The van der Waals surface area contributed by atoms with Crippen LogP contribution in [0.25, 0.3) is 6.08 Å². The molecule has 0 saturated heterocycles. The van der Waals surface area contributed by atoms with Gasteiger partial charge in [-0.15, -0.1) is 0 Å². The predicted molar refractivity (Wildman–Crippen MR) is 84.2 cm³/mol. The van der Waals surface area contributed by atoms with Crippen molar-refractivity contribution in [2.45, 2.75) is 37.8 Å². The van der Waals surface area contributed by atoms with Crippen molar-refractivity contribution in [2.24, 2.45) is 0 Å². The van der Waals surface area contributed by atoms with E-state index in [4.69, 9.17) is 0 Å². The van der Waals surface area contributed by atoms with Gasteiger partial charge in [0.05, 0.1) is 12.1 Å². The van der Waals surface area contributed by atoms with Crippen molar-refractivity contribution in [3.63, 3.8) is 0 Å². The molecule has 1 aromatic carbocycles.